The van der Waals surface area contributed by atoms with E-state index in [1.807, 2.05) is 48.5 Å². The Hall–Kier alpha value is -2.06. The lowest BCUT2D eigenvalue weighted by atomic mass is 10.0. The van der Waals surface area contributed by atoms with Crippen LogP contribution in [0, 0.1) is 0 Å². The fourth-order valence-electron chi connectivity index (χ4n) is 2.52. The third-order valence-electron chi connectivity index (χ3n) is 3.48. The lowest BCUT2D eigenvalue weighted by Gasteiger charge is -2.01. The summed E-state index contributed by atoms with van der Waals surface area (Å²) in [6.07, 6.45) is 0.801. The summed E-state index contributed by atoms with van der Waals surface area (Å²) in [5.74, 6) is 0.0229. The molecule has 0 unspecified atom stereocenters. The SMILES string of the molecule is CCc1c(C(=O)c2ccccc2)[nH]c2cc(Cl)ccc12. The summed E-state index contributed by atoms with van der Waals surface area (Å²) in [6, 6.07) is 15.0. The Morgan fingerprint density at radius 3 is 2.60 bits per heavy atom. The van der Waals surface area contributed by atoms with Crippen molar-refractivity contribution in [1.82, 2.24) is 4.98 Å². The first-order valence-corrected chi connectivity index (χ1v) is 6.98. The van der Waals surface area contributed by atoms with Crippen LogP contribution in [0.5, 0.6) is 0 Å². The number of rotatable bonds is 3. The van der Waals surface area contributed by atoms with Crippen LogP contribution in [0.2, 0.25) is 5.02 Å². The molecule has 0 aliphatic heterocycles. The Labute approximate surface area is 122 Å². The first-order valence-electron chi connectivity index (χ1n) is 6.60. The molecule has 0 atom stereocenters. The van der Waals surface area contributed by atoms with Gasteiger partial charge < -0.3 is 4.98 Å². The second kappa shape index (κ2) is 5.14. The highest BCUT2D eigenvalue weighted by Crippen LogP contribution is 2.27. The van der Waals surface area contributed by atoms with Crippen molar-refractivity contribution in [1.29, 1.82) is 0 Å². The highest BCUT2D eigenvalue weighted by Gasteiger charge is 2.17. The minimum absolute atomic E-state index is 0.0229. The molecule has 0 spiro atoms. The van der Waals surface area contributed by atoms with Gasteiger partial charge in [0.15, 0.2) is 0 Å². The number of hydrogen-bond donors (Lipinski definition) is 1. The first-order chi connectivity index (χ1) is 9.70. The molecule has 100 valence electrons. The number of ketones is 1. The van der Waals surface area contributed by atoms with Gasteiger partial charge in [-0.15, -0.1) is 0 Å². The molecule has 1 N–H and O–H groups in total. The average molecular weight is 284 g/mol. The quantitative estimate of drug-likeness (QED) is 0.699. The maximum atomic E-state index is 12.6. The Morgan fingerprint density at radius 2 is 1.90 bits per heavy atom. The number of fused-ring (bicyclic) bond motifs is 1. The van der Waals surface area contributed by atoms with Gasteiger partial charge in [-0.3, -0.25) is 4.79 Å². The van der Waals surface area contributed by atoms with Crippen molar-refractivity contribution in [2.24, 2.45) is 0 Å². The summed E-state index contributed by atoms with van der Waals surface area (Å²) in [6.45, 7) is 2.05. The number of halogens is 1. The second-order valence-electron chi connectivity index (χ2n) is 4.72. The van der Waals surface area contributed by atoms with Crippen molar-refractivity contribution >= 4 is 28.3 Å². The zero-order chi connectivity index (χ0) is 14.1. The van der Waals surface area contributed by atoms with Crippen LogP contribution in [-0.2, 0) is 6.42 Å². The minimum Gasteiger partial charge on any atom is -0.352 e. The van der Waals surface area contributed by atoms with E-state index in [1.165, 1.54) is 0 Å². The van der Waals surface area contributed by atoms with E-state index in [4.69, 9.17) is 11.6 Å². The van der Waals surface area contributed by atoms with Gasteiger partial charge in [-0.25, -0.2) is 0 Å². The van der Waals surface area contributed by atoms with Crippen LogP contribution in [0.4, 0.5) is 0 Å². The van der Waals surface area contributed by atoms with Crippen molar-refractivity contribution in [3.63, 3.8) is 0 Å². The van der Waals surface area contributed by atoms with Crippen molar-refractivity contribution in [3.8, 4) is 0 Å². The lowest BCUT2D eigenvalue weighted by molar-refractivity contribution is 0.103. The number of carbonyl (C=O) groups excluding carboxylic acids is 1. The number of aromatic amines is 1. The molecule has 1 aromatic heterocycles. The number of nitrogens with one attached hydrogen (secondary N) is 1. The van der Waals surface area contributed by atoms with E-state index in [2.05, 4.69) is 11.9 Å². The van der Waals surface area contributed by atoms with Crippen LogP contribution < -0.4 is 0 Å². The highest BCUT2D eigenvalue weighted by atomic mass is 35.5. The first kappa shape index (κ1) is 12.9. The third-order valence-corrected chi connectivity index (χ3v) is 3.72. The molecular weight excluding hydrogens is 270 g/mol. The van der Waals surface area contributed by atoms with E-state index in [0.29, 0.717) is 16.3 Å². The molecule has 0 aliphatic carbocycles. The van der Waals surface area contributed by atoms with Crippen LogP contribution in [-0.4, -0.2) is 10.8 Å². The lowest BCUT2D eigenvalue weighted by Crippen LogP contribution is -2.04. The third kappa shape index (κ3) is 2.12. The standard InChI is InChI=1S/C17H14ClNO/c1-2-13-14-9-8-12(18)10-15(14)19-16(13)17(20)11-6-4-3-5-7-11/h3-10,19H,2H2,1H3. The predicted molar refractivity (Wildman–Crippen MR) is 82.6 cm³/mol. The fraction of sp³-hybridized carbons (Fsp3) is 0.118. The normalized spacial score (nSPS) is 10.9. The van der Waals surface area contributed by atoms with Crippen LogP contribution in [0.3, 0.4) is 0 Å². The molecule has 0 fully saturated rings. The second-order valence-corrected chi connectivity index (χ2v) is 5.15. The molecule has 1 heterocycles. The summed E-state index contributed by atoms with van der Waals surface area (Å²) < 4.78 is 0. The van der Waals surface area contributed by atoms with Gasteiger partial charge in [-0.1, -0.05) is 54.9 Å². The van der Waals surface area contributed by atoms with Gasteiger partial charge in [0.1, 0.15) is 0 Å². The van der Waals surface area contributed by atoms with Gasteiger partial charge >= 0.3 is 0 Å². The maximum absolute atomic E-state index is 12.6. The topological polar surface area (TPSA) is 32.9 Å². The smallest absolute Gasteiger partial charge is 0.209 e. The van der Waals surface area contributed by atoms with Crippen molar-refractivity contribution in [2.75, 3.05) is 0 Å². The molecule has 0 amide bonds. The van der Waals surface area contributed by atoms with Gasteiger partial charge in [0.25, 0.3) is 0 Å². The molecule has 3 aromatic rings. The summed E-state index contributed by atoms with van der Waals surface area (Å²) in [5, 5.41) is 1.73. The predicted octanol–water partition coefficient (Wildman–Crippen LogP) is 4.61. The monoisotopic (exact) mass is 283 g/mol. The molecule has 0 aliphatic rings. The number of aryl methyl sites for hydroxylation is 1. The summed E-state index contributed by atoms with van der Waals surface area (Å²) >= 11 is 6.02. The van der Waals surface area contributed by atoms with Gasteiger partial charge in [0, 0.05) is 21.5 Å². The van der Waals surface area contributed by atoms with E-state index in [0.717, 1.165) is 22.9 Å². The number of hydrogen-bond acceptors (Lipinski definition) is 1. The molecule has 3 rings (SSSR count). The molecule has 2 aromatic carbocycles. The van der Waals surface area contributed by atoms with Gasteiger partial charge in [-0.2, -0.15) is 0 Å². The Bertz CT molecular complexity index is 774. The van der Waals surface area contributed by atoms with Gasteiger partial charge in [0.05, 0.1) is 5.69 Å². The van der Waals surface area contributed by atoms with Crippen LogP contribution >= 0.6 is 11.6 Å². The van der Waals surface area contributed by atoms with E-state index in [9.17, 15) is 4.79 Å². The van der Waals surface area contributed by atoms with Crippen LogP contribution in [0.1, 0.15) is 28.5 Å². The van der Waals surface area contributed by atoms with E-state index in [1.54, 1.807) is 0 Å². The zero-order valence-corrected chi connectivity index (χ0v) is 11.9. The number of aromatic nitrogens is 1. The van der Waals surface area contributed by atoms with Crippen molar-refractivity contribution in [3.05, 3.63) is 70.4 Å². The molecule has 0 saturated heterocycles. The molecular formula is C17H14ClNO. The fourth-order valence-corrected chi connectivity index (χ4v) is 2.69. The van der Waals surface area contributed by atoms with E-state index < -0.39 is 0 Å². The molecule has 20 heavy (non-hydrogen) atoms. The van der Waals surface area contributed by atoms with Crippen LogP contribution in [0.15, 0.2) is 48.5 Å². The summed E-state index contributed by atoms with van der Waals surface area (Å²) in [5.41, 5.74) is 3.31. The summed E-state index contributed by atoms with van der Waals surface area (Å²) in [4.78, 5) is 15.8. The Morgan fingerprint density at radius 1 is 1.15 bits per heavy atom. The molecule has 3 heteroatoms. The molecule has 2 nitrogen and oxygen atoms in total. The van der Waals surface area contributed by atoms with Crippen molar-refractivity contribution < 1.29 is 4.79 Å². The average Bonchev–Trinajstić information content (AvgIpc) is 2.84. The maximum Gasteiger partial charge on any atom is 0.209 e. The number of benzene rings is 2. The number of H-pyrrole nitrogens is 1. The van der Waals surface area contributed by atoms with E-state index in [-0.39, 0.29) is 5.78 Å². The Kier molecular flexibility index (Phi) is 3.33. The largest absolute Gasteiger partial charge is 0.352 e. The minimum atomic E-state index is 0.0229. The van der Waals surface area contributed by atoms with Crippen LogP contribution in [0.25, 0.3) is 10.9 Å². The van der Waals surface area contributed by atoms with E-state index >= 15 is 0 Å². The molecule has 0 bridgehead atoms. The van der Waals surface area contributed by atoms with Crippen molar-refractivity contribution in [2.45, 2.75) is 13.3 Å². The van der Waals surface area contributed by atoms with Gasteiger partial charge in [-0.05, 0) is 24.1 Å². The summed E-state index contributed by atoms with van der Waals surface area (Å²) in [7, 11) is 0. The zero-order valence-electron chi connectivity index (χ0n) is 11.1. The molecule has 0 saturated carbocycles. The molecule has 0 radical (unpaired) electrons. The highest BCUT2D eigenvalue weighted by molar-refractivity contribution is 6.31. The Balaban J connectivity index is 2.18. The number of carbonyl (C=O) groups is 1. The van der Waals surface area contributed by atoms with Gasteiger partial charge in [0.2, 0.25) is 5.78 Å².